The predicted octanol–water partition coefficient (Wildman–Crippen LogP) is 2.68. The molecule has 1 amide bonds. The van der Waals surface area contributed by atoms with E-state index < -0.39 is 5.82 Å². The SMILES string of the molecule is CNC(=O)c1ccc(-n2cc3c(c2)CN(Cc2ccc4c([nH]c(=O)c5c(C)cnn54)c2F)C3)cn1. The van der Waals surface area contributed by atoms with Crippen LogP contribution in [0.3, 0.4) is 0 Å². The molecule has 176 valence electrons. The third kappa shape index (κ3) is 3.41. The fraction of sp³-hybridized carbons (Fsp3) is 0.200. The fourth-order valence-electron chi connectivity index (χ4n) is 4.75. The maximum atomic E-state index is 15.4. The van der Waals surface area contributed by atoms with Gasteiger partial charge in [0, 0.05) is 50.2 Å². The molecule has 1 aliphatic rings. The molecule has 5 heterocycles. The Morgan fingerprint density at radius 3 is 2.60 bits per heavy atom. The summed E-state index contributed by atoms with van der Waals surface area (Å²) in [6.45, 7) is 3.57. The smallest absolute Gasteiger partial charge is 0.274 e. The lowest BCUT2D eigenvalue weighted by molar-refractivity contribution is 0.0958. The van der Waals surface area contributed by atoms with E-state index in [1.165, 1.54) is 4.52 Å². The highest BCUT2D eigenvalue weighted by Gasteiger charge is 2.23. The third-order valence-electron chi connectivity index (χ3n) is 6.52. The lowest BCUT2D eigenvalue weighted by atomic mass is 10.1. The van der Waals surface area contributed by atoms with Crippen LogP contribution in [0.4, 0.5) is 4.39 Å². The van der Waals surface area contributed by atoms with Crippen molar-refractivity contribution >= 4 is 22.5 Å². The van der Waals surface area contributed by atoms with Crippen LogP contribution in [0, 0.1) is 12.7 Å². The summed E-state index contributed by atoms with van der Waals surface area (Å²) in [4.78, 5) is 33.3. The summed E-state index contributed by atoms with van der Waals surface area (Å²) in [7, 11) is 1.57. The summed E-state index contributed by atoms with van der Waals surface area (Å²) in [5.74, 6) is -0.657. The van der Waals surface area contributed by atoms with Crippen LogP contribution in [0.25, 0.3) is 22.2 Å². The maximum Gasteiger partial charge on any atom is 0.274 e. The summed E-state index contributed by atoms with van der Waals surface area (Å²) in [5, 5.41) is 6.81. The molecule has 35 heavy (non-hydrogen) atoms. The minimum atomic E-state index is -0.432. The lowest BCUT2D eigenvalue weighted by Crippen LogP contribution is -2.19. The van der Waals surface area contributed by atoms with Crippen LogP contribution in [0.1, 0.15) is 32.7 Å². The molecular formula is C25H22FN7O2. The van der Waals surface area contributed by atoms with E-state index in [1.54, 1.807) is 44.6 Å². The zero-order valence-corrected chi connectivity index (χ0v) is 19.2. The molecule has 10 heteroatoms. The third-order valence-corrected chi connectivity index (χ3v) is 6.52. The van der Waals surface area contributed by atoms with Crippen molar-refractivity contribution in [3.8, 4) is 5.69 Å². The summed E-state index contributed by atoms with van der Waals surface area (Å²) in [6.07, 6.45) is 7.35. The molecule has 0 spiro atoms. The van der Waals surface area contributed by atoms with Crippen LogP contribution in [-0.4, -0.2) is 42.0 Å². The molecule has 0 saturated carbocycles. The van der Waals surface area contributed by atoms with Gasteiger partial charge in [0.25, 0.3) is 11.5 Å². The van der Waals surface area contributed by atoms with Gasteiger partial charge in [0.05, 0.1) is 23.6 Å². The average molecular weight is 471 g/mol. The van der Waals surface area contributed by atoms with Gasteiger partial charge >= 0.3 is 0 Å². The number of benzene rings is 1. The Hall–Kier alpha value is -4.31. The Morgan fingerprint density at radius 1 is 1.14 bits per heavy atom. The summed E-state index contributed by atoms with van der Waals surface area (Å²) >= 11 is 0. The maximum absolute atomic E-state index is 15.4. The molecule has 0 fully saturated rings. The molecule has 4 aromatic heterocycles. The van der Waals surface area contributed by atoms with Gasteiger partial charge in [-0.15, -0.1) is 0 Å². The molecule has 0 bridgehead atoms. The van der Waals surface area contributed by atoms with Crippen LogP contribution in [0.5, 0.6) is 0 Å². The highest BCUT2D eigenvalue weighted by Crippen LogP contribution is 2.28. The Bertz CT molecular complexity index is 1660. The first-order valence-corrected chi connectivity index (χ1v) is 11.2. The molecule has 9 nitrogen and oxygen atoms in total. The van der Waals surface area contributed by atoms with E-state index in [1.807, 2.05) is 23.0 Å². The molecule has 2 N–H and O–H groups in total. The number of pyridine rings is 1. The van der Waals surface area contributed by atoms with Gasteiger partial charge in [0.15, 0.2) is 5.82 Å². The zero-order chi connectivity index (χ0) is 24.3. The van der Waals surface area contributed by atoms with Crippen molar-refractivity contribution in [2.75, 3.05) is 7.05 Å². The van der Waals surface area contributed by atoms with Crippen molar-refractivity contribution in [2.24, 2.45) is 0 Å². The van der Waals surface area contributed by atoms with Crippen molar-refractivity contribution in [1.29, 1.82) is 0 Å². The Labute approximate surface area is 198 Å². The average Bonchev–Trinajstić information content (AvgIpc) is 3.54. The molecule has 0 atom stereocenters. The second kappa shape index (κ2) is 7.88. The number of nitrogens with one attached hydrogen (secondary N) is 2. The number of hydrogen-bond donors (Lipinski definition) is 2. The van der Waals surface area contributed by atoms with E-state index in [-0.39, 0.29) is 17.0 Å². The number of aromatic amines is 1. The minimum absolute atomic E-state index is 0.166. The molecule has 0 unspecified atom stereocenters. The van der Waals surface area contributed by atoms with E-state index >= 15 is 4.39 Å². The number of amides is 1. The second-order valence-electron chi connectivity index (χ2n) is 8.82. The molecule has 1 aromatic carbocycles. The second-order valence-corrected chi connectivity index (χ2v) is 8.82. The highest BCUT2D eigenvalue weighted by atomic mass is 19.1. The molecule has 6 rings (SSSR count). The van der Waals surface area contributed by atoms with E-state index in [2.05, 4.69) is 25.3 Å². The molecule has 5 aromatic rings. The van der Waals surface area contributed by atoms with Gasteiger partial charge in [-0.05, 0) is 36.2 Å². The lowest BCUT2D eigenvalue weighted by Gasteiger charge is -2.17. The van der Waals surface area contributed by atoms with Gasteiger partial charge in [0.1, 0.15) is 16.7 Å². The molecule has 1 aliphatic heterocycles. The van der Waals surface area contributed by atoms with E-state index in [4.69, 9.17) is 0 Å². The number of rotatable bonds is 4. The number of carbonyl (C=O) groups excluding carboxylic acids is 1. The van der Waals surface area contributed by atoms with Gasteiger partial charge in [0.2, 0.25) is 0 Å². The summed E-state index contributed by atoms with van der Waals surface area (Å²) in [5.41, 5.74) is 5.58. The molecule has 0 aliphatic carbocycles. The molecular weight excluding hydrogens is 449 g/mol. The van der Waals surface area contributed by atoms with Crippen LogP contribution >= 0.6 is 0 Å². The van der Waals surface area contributed by atoms with Gasteiger partial charge in [-0.3, -0.25) is 14.5 Å². The van der Waals surface area contributed by atoms with E-state index in [9.17, 15) is 9.59 Å². The van der Waals surface area contributed by atoms with Crippen LogP contribution in [0.2, 0.25) is 0 Å². The van der Waals surface area contributed by atoms with Gasteiger partial charge in [-0.1, -0.05) is 6.07 Å². The first-order valence-electron chi connectivity index (χ1n) is 11.2. The number of aryl methyl sites for hydroxylation is 1. The topological polar surface area (TPSA) is 100 Å². The van der Waals surface area contributed by atoms with Crippen molar-refractivity contribution in [3.63, 3.8) is 0 Å². The van der Waals surface area contributed by atoms with E-state index in [0.29, 0.717) is 41.9 Å². The summed E-state index contributed by atoms with van der Waals surface area (Å²) < 4.78 is 18.9. The molecule has 0 radical (unpaired) electrons. The minimum Gasteiger partial charge on any atom is -0.354 e. The summed E-state index contributed by atoms with van der Waals surface area (Å²) in [6, 6.07) is 7.11. The van der Waals surface area contributed by atoms with Crippen molar-refractivity contribution in [3.05, 3.63) is 93.2 Å². The number of halogens is 1. The first-order chi connectivity index (χ1) is 16.9. The standard InChI is InChI=1S/C25H22FN7O2/c1-14-7-29-33-20-6-3-15(21(26)22(20)30-25(35)23(14)33)9-31-10-16-12-32(13-17(16)11-31)18-4-5-19(28-8-18)24(34)27-2/h3-8,12-13H,9-11H2,1-2H3,(H,27,34)(H,30,35). The van der Waals surface area contributed by atoms with Crippen LogP contribution in [-0.2, 0) is 19.6 Å². The van der Waals surface area contributed by atoms with E-state index in [0.717, 1.165) is 22.4 Å². The fourth-order valence-corrected chi connectivity index (χ4v) is 4.75. The monoisotopic (exact) mass is 471 g/mol. The van der Waals surface area contributed by atoms with Crippen molar-refractivity contribution in [2.45, 2.75) is 26.6 Å². The predicted molar refractivity (Wildman–Crippen MR) is 128 cm³/mol. The normalized spacial score (nSPS) is 13.6. The van der Waals surface area contributed by atoms with Gasteiger partial charge in [-0.25, -0.2) is 13.9 Å². The number of fused-ring (bicyclic) bond motifs is 4. The van der Waals surface area contributed by atoms with Crippen LogP contribution in [0.15, 0.2) is 53.8 Å². The first kappa shape index (κ1) is 21.2. The van der Waals surface area contributed by atoms with Crippen LogP contribution < -0.4 is 10.9 Å². The highest BCUT2D eigenvalue weighted by molar-refractivity contribution is 5.92. The van der Waals surface area contributed by atoms with Gasteiger partial charge < -0.3 is 14.9 Å². The Balaban J connectivity index is 1.23. The number of nitrogens with zero attached hydrogens (tertiary/aromatic N) is 5. The largest absolute Gasteiger partial charge is 0.354 e. The number of carbonyl (C=O) groups is 1. The van der Waals surface area contributed by atoms with Crippen molar-refractivity contribution in [1.82, 2.24) is 34.4 Å². The Kier molecular flexibility index (Phi) is 4.78. The number of hydrogen-bond acceptors (Lipinski definition) is 5. The zero-order valence-electron chi connectivity index (χ0n) is 19.2. The number of H-pyrrole nitrogens is 1. The Morgan fingerprint density at radius 2 is 1.91 bits per heavy atom. The van der Waals surface area contributed by atoms with Crippen molar-refractivity contribution < 1.29 is 9.18 Å². The number of aromatic nitrogens is 5. The molecule has 0 saturated heterocycles. The van der Waals surface area contributed by atoms with Gasteiger partial charge in [-0.2, -0.15) is 5.10 Å². The quantitative estimate of drug-likeness (QED) is 0.420.